The summed E-state index contributed by atoms with van der Waals surface area (Å²) in [5, 5.41) is 0. The van der Waals surface area contributed by atoms with Crippen LogP contribution in [-0.4, -0.2) is 93.3 Å². The van der Waals surface area contributed by atoms with Gasteiger partial charge in [-0.3, -0.25) is 0 Å². The van der Waals surface area contributed by atoms with Crippen LogP contribution < -0.4 is 0 Å². The van der Waals surface area contributed by atoms with Crippen LogP contribution in [0, 0.1) is 0 Å². The standard InChI is InChI=1S/C8H20O4P2Se5/c1-5-9-13(15,10-6-2)17-19-18-14(16,11-7-3)12-8-4/h5-8H2,1-4H3. The first-order valence-electron chi connectivity index (χ1n) is 5.78. The van der Waals surface area contributed by atoms with Crippen molar-refractivity contribution in [3.8, 4) is 0 Å². The van der Waals surface area contributed by atoms with Gasteiger partial charge in [0.2, 0.25) is 0 Å². The average molecular weight is 637 g/mol. The fourth-order valence-electron chi connectivity index (χ4n) is 0.881. The van der Waals surface area contributed by atoms with E-state index < -0.39 is 9.30 Å². The molecule has 0 aliphatic heterocycles. The van der Waals surface area contributed by atoms with Crippen LogP contribution in [-0.2, 0) is 18.1 Å². The Bertz CT molecular complexity index is 280. The fourth-order valence-corrected chi connectivity index (χ4v) is 107. The minimum absolute atomic E-state index is 0.384. The summed E-state index contributed by atoms with van der Waals surface area (Å²) in [4.78, 5) is 0. The molecule has 116 valence electrons. The van der Waals surface area contributed by atoms with Crippen LogP contribution in [0.3, 0.4) is 0 Å². The number of hydrogen-bond donors (Lipinski definition) is 0. The van der Waals surface area contributed by atoms with Crippen LogP contribution in [0.5, 0.6) is 0 Å². The molecule has 0 spiro atoms. The first-order chi connectivity index (χ1) is 8.95. The molecule has 0 atom stereocenters. The molecule has 0 aromatic heterocycles. The van der Waals surface area contributed by atoms with Gasteiger partial charge >= 0.3 is 148 Å². The van der Waals surface area contributed by atoms with Gasteiger partial charge in [0.1, 0.15) is 0 Å². The van der Waals surface area contributed by atoms with Gasteiger partial charge in [-0.05, 0) is 0 Å². The Morgan fingerprint density at radius 2 is 0.947 bits per heavy atom. The summed E-state index contributed by atoms with van der Waals surface area (Å²) >= 11 is 7.64. The molecule has 0 heterocycles. The second kappa shape index (κ2) is 12.7. The van der Waals surface area contributed by atoms with Crippen LogP contribution in [0.25, 0.3) is 0 Å². The van der Waals surface area contributed by atoms with Crippen molar-refractivity contribution in [2.24, 2.45) is 0 Å². The Morgan fingerprint density at radius 3 is 1.16 bits per heavy atom. The molecule has 0 aliphatic rings. The second-order valence-electron chi connectivity index (χ2n) is 2.78. The Hall–Kier alpha value is 3.30. The van der Waals surface area contributed by atoms with Gasteiger partial charge in [0.15, 0.2) is 0 Å². The summed E-state index contributed by atoms with van der Waals surface area (Å²) in [6.07, 6.45) is 0. The maximum atomic E-state index is 5.81. The zero-order chi connectivity index (χ0) is 14.8. The van der Waals surface area contributed by atoms with E-state index in [1.807, 2.05) is 27.7 Å². The number of rotatable bonds is 12. The molecule has 11 heteroatoms. The second-order valence-corrected chi connectivity index (χ2v) is 46.1. The Morgan fingerprint density at radius 1 is 0.684 bits per heavy atom. The third kappa shape index (κ3) is 10.6. The molecular weight excluding hydrogens is 617 g/mol. The monoisotopic (exact) mass is 642 g/mol. The normalized spacial score (nSPS) is 12.8. The molecule has 0 unspecified atom stereocenters. The van der Waals surface area contributed by atoms with E-state index in [9.17, 15) is 0 Å². The van der Waals surface area contributed by atoms with Gasteiger partial charge in [0, 0.05) is 0 Å². The van der Waals surface area contributed by atoms with Gasteiger partial charge in [0.25, 0.3) is 0 Å². The molecule has 4 nitrogen and oxygen atoms in total. The van der Waals surface area contributed by atoms with Crippen molar-refractivity contribution in [3.05, 3.63) is 0 Å². The molecule has 0 fully saturated rings. The van der Waals surface area contributed by atoms with Crippen LogP contribution in [0.15, 0.2) is 0 Å². The predicted molar refractivity (Wildman–Crippen MR) is 89.1 cm³/mol. The van der Waals surface area contributed by atoms with Crippen LogP contribution in [0.1, 0.15) is 27.7 Å². The third-order valence-electron chi connectivity index (χ3n) is 1.39. The Labute approximate surface area is 147 Å². The zero-order valence-electron chi connectivity index (χ0n) is 11.4. The van der Waals surface area contributed by atoms with Crippen molar-refractivity contribution >= 4 is 76.2 Å². The van der Waals surface area contributed by atoms with E-state index in [1.54, 1.807) is 0 Å². The molecule has 0 aromatic carbocycles. The van der Waals surface area contributed by atoms with Gasteiger partial charge < -0.3 is 0 Å². The summed E-state index contributed by atoms with van der Waals surface area (Å²) in [6.45, 7) is 10.9. The van der Waals surface area contributed by atoms with Crippen molar-refractivity contribution in [1.82, 2.24) is 0 Å². The van der Waals surface area contributed by atoms with Gasteiger partial charge in [0.05, 0.1) is 0 Å². The summed E-state index contributed by atoms with van der Waals surface area (Å²) < 4.78 is 19.8. The van der Waals surface area contributed by atoms with Gasteiger partial charge in [-0.25, -0.2) is 0 Å². The molecule has 0 bridgehead atoms. The van der Waals surface area contributed by atoms with E-state index in [0.717, 1.165) is 0 Å². The minimum atomic E-state index is -1.72. The molecule has 0 N–H and O–H groups in total. The van der Waals surface area contributed by atoms with Crippen molar-refractivity contribution in [2.75, 3.05) is 26.4 Å². The molecule has 0 saturated carbocycles. The third-order valence-corrected chi connectivity index (χ3v) is 69.8. The number of hydrogen-bond acceptors (Lipinski definition) is 4. The van der Waals surface area contributed by atoms with Crippen molar-refractivity contribution in [2.45, 2.75) is 27.7 Å². The first kappa shape index (κ1) is 22.3. The first-order valence-corrected chi connectivity index (χ1v) is 26.6. The van der Waals surface area contributed by atoms with Crippen molar-refractivity contribution in [1.29, 1.82) is 0 Å². The maximum absolute atomic E-state index is 5.81. The van der Waals surface area contributed by atoms with E-state index in [-0.39, 0.29) is 0 Å². The molecule has 0 aliphatic carbocycles. The molecule has 0 amide bonds. The Kier molecular flexibility index (Phi) is 14.9. The summed E-state index contributed by atoms with van der Waals surface area (Å²) in [5.74, 6) is 0. The quantitative estimate of drug-likeness (QED) is 0.242. The molecule has 0 rings (SSSR count). The van der Waals surface area contributed by atoms with Crippen molar-refractivity contribution in [3.63, 3.8) is 0 Å². The van der Waals surface area contributed by atoms with E-state index >= 15 is 0 Å². The fraction of sp³-hybridized carbons (Fsp3) is 1.00. The summed E-state index contributed by atoms with van der Waals surface area (Å²) in [6, 6.07) is 0. The van der Waals surface area contributed by atoms with Crippen molar-refractivity contribution < 1.29 is 18.1 Å². The van der Waals surface area contributed by atoms with Crippen LogP contribution in [0.2, 0.25) is 0 Å². The molecular formula is C8H20O4P2Se5. The van der Waals surface area contributed by atoms with E-state index in [4.69, 9.17) is 18.1 Å². The summed E-state index contributed by atoms with van der Waals surface area (Å²) in [7, 11) is 0. The summed E-state index contributed by atoms with van der Waals surface area (Å²) in [5.41, 5.74) is 0. The van der Waals surface area contributed by atoms with Gasteiger partial charge in [-0.1, -0.05) is 0 Å². The van der Waals surface area contributed by atoms with E-state index in [2.05, 4.69) is 30.2 Å². The molecule has 0 saturated heterocycles. The van der Waals surface area contributed by atoms with Crippen LogP contribution >= 0.6 is 9.30 Å². The SMILES string of the molecule is CCOP(=[Se])(OCC)[Se][Se][Se]P(=[Se])(OCC)OCC. The molecule has 0 aromatic rings. The predicted octanol–water partition coefficient (Wildman–Crippen LogP) is 1.77. The molecule has 19 heavy (non-hydrogen) atoms. The topological polar surface area (TPSA) is 36.9 Å². The average Bonchev–Trinajstić information content (AvgIpc) is 2.29. The van der Waals surface area contributed by atoms with Gasteiger partial charge in [-0.2, -0.15) is 0 Å². The Balaban J connectivity index is 4.36. The molecule has 0 radical (unpaired) electrons. The van der Waals surface area contributed by atoms with Gasteiger partial charge in [-0.15, -0.1) is 0 Å². The van der Waals surface area contributed by atoms with E-state index in [1.165, 1.54) is 0 Å². The van der Waals surface area contributed by atoms with E-state index in [0.29, 0.717) is 63.1 Å². The van der Waals surface area contributed by atoms with Crippen LogP contribution in [0.4, 0.5) is 0 Å². The zero-order valence-corrected chi connectivity index (χ0v) is 21.8.